The minimum absolute atomic E-state index is 0.0236. The lowest BCUT2D eigenvalue weighted by atomic mass is 9.94. The Morgan fingerprint density at radius 2 is 2.16 bits per heavy atom. The van der Waals surface area contributed by atoms with Gasteiger partial charge in [-0.2, -0.15) is 5.26 Å². The monoisotopic (exact) mass is 263 g/mol. The fourth-order valence-electron chi connectivity index (χ4n) is 3.01. The van der Waals surface area contributed by atoms with E-state index in [0.29, 0.717) is 30.9 Å². The largest absolute Gasteiger partial charge is 0.355 e. The Morgan fingerprint density at radius 3 is 2.79 bits per heavy atom. The minimum atomic E-state index is -2.54. The molecule has 1 saturated heterocycles. The number of nitrogens with zero attached hydrogens (tertiary/aromatic N) is 3. The van der Waals surface area contributed by atoms with Crippen LogP contribution in [0.1, 0.15) is 30.5 Å². The molecule has 19 heavy (non-hydrogen) atoms. The topological polar surface area (TPSA) is 39.9 Å². The summed E-state index contributed by atoms with van der Waals surface area (Å²) in [4.78, 5) is 6.22. The molecule has 0 N–H and O–H groups in total. The molecule has 2 aliphatic rings. The molecule has 100 valence electrons. The van der Waals surface area contributed by atoms with Crippen molar-refractivity contribution in [3.8, 4) is 6.07 Å². The molecule has 1 aromatic heterocycles. The van der Waals surface area contributed by atoms with Crippen LogP contribution in [0, 0.1) is 23.7 Å². The van der Waals surface area contributed by atoms with Crippen molar-refractivity contribution in [3.05, 3.63) is 23.4 Å². The molecule has 1 unspecified atom stereocenters. The summed E-state index contributed by atoms with van der Waals surface area (Å²) in [5.41, 5.74) is 0.395. The first kappa shape index (κ1) is 12.3. The number of pyridine rings is 1. The van der Waals surface area contributed by atoms with Gasteiger partial charge >= 0.3 is 0 Å². The zero-order valence-electron chi connectivity index (χ0n) is 10.8. The third-order valence-electron chi connectivity index (χ3n) is 4.22. The van der Waals surface area contributed by atoms with Gasteiger partial charge in [-0.25, -0.2) is 13.8 Å². The van der Waals surface area contributed by atoms with Crippen LogP contribution in [0.15, 0.2) is 12.1 Å². The molecule has 2 fully saturated rings. The summed E-state index contributed by atoms with van der Waals surface area (Å²) in [6.45, 7) is 2.85. The van der Waals surface area contributed by atoms with Gasteiger partial charge in [-0.05, 0) is 31.9 Å². The summed E-state index contributed by atoms with van der Waals surface area (Å²) in [6, 6.07) is 5.58. The van der Waals surface area contributed by atoms with Crippen LogP contribution in [0.25, 0.3) is 0 Å². The van der Waals surface area contributed by atoms with Crippen LogP contribution < -0.4 is 4.90 Å². The summed E-state index contributed by atoms with van der Waals surface area (Å²) in [7, 11) is 0. The van der Waals surface area contributed by atoms with Crippen molar-refractivity contribution in [1.82, 2.24) is 4.98 Å². The van der Waals surface area contributed by atoms with Crippen molar-refractivity contribution in [3.63, 3.8) is 0 Å². The molecule has 2 heterocycles. The maximum atomic E-state index is 13.5. The van der Waals surface area contributed by atoms with E-state index in [2.05, 4.69) is 11.1 Å². The van der Waals surface area contributed by atoms with E-state index in [1.807, 2.05) is 11.8 Å². The summed E-state index contributed by atoms with van der Waals surface area (Å²) in [5.74, 6) is -1.98. The van der Waals surface area contributed by atoms with Gasteiger partial charge in [0.05, 0.1) is 11.0 Å². The highest BCUT2D eigenvalue weighted by Crippen LogP contribution is 2.64. The van der Waals surface area contributed by atoms with Crippen LogP contribution in [0.4, 0.5) is 14.6 Å². The number of aromatic nitrogens is 1. The Bertz CT molecular complexity index is 564. The Kier molecular flexibility index (Phi) is 2.53. The number of hydrogen-bond acceptors (Lipinski definition) is 3. The van der Waals surface area contributed by atoms with Crippen molar-refractivity contribution in [2.45, 2.75) is 32.1 Å². The first-order valence-corrected chi connectivity index (χ1v) is 6.48. The zero-order valence-corrected chi connectivity index (χ0v) is 10.8. The number of rotatable bonds is 1. The van der Waals surface area contributed by atoms with E-state index >= 15 is 0 Å². The average Bonchev–Trinajstić information content (AvgIpc) is 2.89. The normalized spacial score (nSPS) is 28.2. The number of hydrogen-bond donors (Lipinski definition) is 0. The molecule has 1 aliphatic heterocycles. The molecule has 3 rings (SSSR count). The van der Waals surface area contributed by atoms with E-state index in [9.17, 15) is 8.78 Å². The van der Waals surface area contributed by atoms with Gasteiger partial charge in [0, 0.05) is 25.2 Å². The Morgan fingerprint density at radius 1 is 1.42 bits per heavy atom. The second kappa shape index (κ2) is 3.89. The fraction of sp³-hybridized carbons (Fsp3) is 0.571. The Hall–Kier alpha value is -1.70. The van der Waals surface area contributed by atoms with Gasteiger partial charge in [0.15, 0.2) is 0 Å². The van der Waals surface area contributed by atoms with Crippen molar-refractivity contribution in [2.24, 2.45) is 5.41 Å². The van der Waals surface area contributed by atoms with Crippen LogP contribution in [-0.2, 0) is 0 Å². The highest BCUT2D eigenvalue weighted by molar-refractivity contribution is 5.55. The highest BCUT2D eigenvalue weighted by atomic mass is 19.3. The summed E-state index contributed by atoms with van der Waals surface area (Å²) in [5, 5.41) is 9.12. The Balaban J connectivity index is 1.91. The highest BCUT2D eigenvalue weighted by Gasteiger charge is 2.71. The fourth-order valence-corrected chi connectivity index (χ4v) is 3.01. The van der Waals surface area contributed by atoms with Crippen molar-refractivity contribution in [1.29, 1.82) is 5.26 Å². The second-order valence-electron chi connectivity index (χ2n) is 5.62. The van der Waals surface area contributed by atoms with Gasteiger partial charge < -0.3 is 4.90 Å². The van der Waals surface area contributed by atoms with Crippen LogP contribution in [0.3, 0.4) is 0 Å². The third kappa shape index (κ3) is 1.86. The van der Waals surface area contributed by atoms with Crippen LogP contribution in [0.5, 0.6) is 0 Å². The van der Waals surface area contributed by atoms with Crippen LogP contribution >= 0.6 is 0 Å². The molecule has 1 aromatic rings. The Labute approximate surface area is 110 Å². The van der Waals surface area contributed by atoms with Gasteiger partial charge in [0.1, 0.15) is 11.9 Å². The number of anilines is 1. The molecule has 0 bridgehead atoms. The summed E-state index contributed by atoms with van der Waals surface area (Å²) >= 11 is 0. The van der Waals surface area contributed by atoms with E-state index < -0.39 is 11.3 Å². The molecule has 0 radical (unpaired) electrons. The van der Waals surface area contributed by atoms with Gasteiger partial charge in [-0.15, -0.1) is 0 Å². The molecule has 3 nitrogen and oxygen atoms in total. The lowest BCUT2D eigenvalue weighted by Gasteiger charge is -2.34. The first-order valence-electron chi connectivity index (χ1n) is 6.48. The van der Waals surface area contributed by atoms with E-state index in [4.69, 9.17) is 5.26 Å². The molecule has 0 aromatic carbocycles. The quantitative estimate of drug-likeness (QED) is 0.782. The van der Waals surface area contributed by atoms with Gasteiger partial charge in [0.2, 0.25) is 0 Å². The maximum absolute atomic E-state index is 13.5. The molecule has 1 atom stereocenters. The van der Waals surface area contributed by atoms with Crippen molar-refractivity contribution in [2.75, 3.05) is 18.0 Å². The van der Waals surface area contributed by atoms with E-state index in [1.165, 1.54) is 0 Å². The molecular weight excluding hydrogens is 248 g/mol. The minimum Gasteiger partial charge on any atom is -0.355 e. The average molecular weight is 263 g/mol. The van der Waals surface area contributed by atoms with Crippen molar-refractivity contribution >= 4 is 5.82 Å². The number of nitriles is 1. The number of halogens is 2. The molecule has 5 heteroatoms. The first-order chi connectivity index (χ1) is 8.97. The molecular formula is C14H15F2N3. The predicted octanol–water partition coefficient (Wildman–Crippen LogP) is 2.89. The lowest BCUT2D eigenvalue weighted by molar-refractivity contribution is 0.0575. The van der Waals surface area contributed by atoms with Crippen molar-refractivity contribution < 1.29 is 8.78 Å². The summed E-state index contributed by atoms with van der Waals surface area (Å²) in [6.07, 6.45) is 1.28. The van der Waals surface area contributed by atoms with Gasteiger partial charge in [0.25, 0.3) is 5.92 Å². The molecule has 1 aliphatic carbocycles. The molecule has 1 saturated carbocycles. The van der Waals surface area contributed by atoms with Crippen LogP contribution in [-0.4, -0.2) is 24.0 Å². The predicted molar refractivity (Wildman–Crippen MR) is 67.1 cm³/mol. The number of aryl methyl sites for hydroxylation is 1. The van der Waals surface area contributed by atoms with E-state index in [1.54, 1.807) is 12.1 Å². The zero-order chi connectivity index (χ0) is 13.7. The SMILES string of the molecule is Cc1ccc(C#N)c(N2CCCC3(C2)CC3(F)F)n1. The maximum Gasteiger partial charge on any atom is 0.256 e. The molecule has 1 spiro atoms. The molecule has 0 amide bonds. The smallest absolute Gasteiger partial charge is 0.256 e. The van der Waals surface area contributed by atoms with Crippen LogP contribution in [0.2, 0.25) is 0 Å². The number of alkyl halides is 2. The van der Waals surface area contributed by atoms with E-state index in [0.717, 1.165) is 12.1 Å². The lowest BCUT2D eigenvalue weighted by Crippen LogP contribution is -2.40. The third-order valence-corrected chi connectivity index (χ3v) is 4.22. The van der Waals surface area contributed by atoms with E-state index in [-0.39, 0.29) is 6.42 Å². The standard InChI is InChI=1S/C14H15F2N3/c1-10-3-4-11(7-17)12(18-10)19-6-2-5-13(9-19)8-14(13,15)16/h3-4H,2,5-6,8-9H2,1H3. The number of piperidine rings is 1. The van der Waals surface area contributed by atoms with Gasteiger partial charge in [-0.1, -0.05) is 0 Å². The summed E-state index contributed by atoms with van der Waals surface area (Å²) < 4.78 is 27.0. The van der Waals surface area contributed by atoms with Gasteiger partial charge in [-0.3, -0.25) is 0 Å². The second-order valence-corrected chi connectivity index (χ2v) is 5.62.